The predicted molar refractivity (Wildman–Crippen MR) is 102 cm³/mol. The molecular weight excluding hydrogens is 336 g/mol. The summed E-state index contributed by atoms with van der Waals surface area (Å²) in [5.74, 6) is 1.55. The zero-order chi connectivity index (χ0) is 17.4. The van der Waals surface area contributed by atoms with Crippen LogP contribution in [0, 0.1) is 6.92 Å². The first-order valence-electron chi connectivity index (χ1n) is 8.60. The molecule has 0 saturated carbocycles. The van der Waals surface area contributed by atoms with Gasteiger partial charge in [0.15, 0.2) is 5.65 Å². The molecule has 1 aliphatic heterocycles. The summed E-state index contributed by atoms with van der Waals surface area (Å²) in [6.45, 7) is 4.03. The van der Waals surface area contributed by atoms with Crippen LogP contribution in [-0.4, -0.2) is 32.8 Å². The Morgan fingerprint density at radius 2 is 1.92 bits per heavy atom. The van der Waals surface area contributed by atoms with Crippen molar-refractivity contribution < 1.29 is 0 Å². The number of halogens is 1. The highest BCUT2D eigenvalue weighted by atomic mass is 35.5. The van der Waals surface area contributed by atoms with Crippen LogP contribution in [0.25, 0.3) is 11.0 Å². The Morgan fingerprint density at radius 3 is 2.68 bits per heavy atom. The van der Waals surface area contributed by atoms with Crippen molar-refractivity contribution in [3.8, 4) is 0 Å². The number of fused-ring (bicyclic) bond motifs is 1. The Labute approximate surface area is 151 Å². The molecule has 25 heavy (non-hydrogen) atoms. The molecule has 4 rings (SSSR count). The van der Waals surface area contributed by atoms with Crippen LogP contribution in [0.5, 0.6) is 0 Å². The van der Waals surface area contributed by atoms with Gasteiger partial charge in [-0.25, -0.2) is 0 Å². The highest BCUT2D eigenvalue weighted by Crippen LogP contribution is 2.29. The molecule has 7 heteroatoms. The fourth-order valence-electron chi connectivity index (χ4n) is 3.24. The molecule has 0 bridgehead atoms. The van der Waals surface area contributed by atoms with E-state index in [9.17, 15) is 0 Å². The first-order valence-corrected chi connectivity index (χ1v) is 8.97. The molecule has 130 valence electrons. The smallest absolute Gasteiger partial charge is 0.229 e. The Hall–Kier alpha value is -2.34. The van der Waals surface area contributed by atoms with Gasteiger partial charge in [-0.3, -0.25) is 4.68 Å². The number of nitrogens with zero attached hydrogens (tertiary/aromatic N) is 5. The van der Waals surface area contributed by atoms with E-state index in [1.54, 1.807) is 4.68 Å². The van der Waals surface area contributed by atoms with Gasteiger partial charge in [0.25, 0.3) is 0 Å². The summed E-state index contributed by atoms with van der Waals surface area (Å²) in [5.41, 5.74) is 2.89. The number of benzene rings is 1. The molecule has 0 amide bonds. The number of rotatable bonds is 3. The predicted octanol–water partition coefficient (Wildman–Crippen LogP) is 4.06. The molecule has 1 saturated heterocycles. The standard InChI is InChI=1S/C18H21ClN6/c1-12-10-13(19)6-7-15(12)21-16-14-11-20-24(2)17(14)23-18(22-16)25-8-4-3-5-9-25/h6-7,10-11H,3-5,8-9H2,1-2H3,(H,21,22,23). The first kappa shape index (κ1) is 16.1. The summed E-state index contributed by atoms with van der Waals surface area (Å²) >= 11 is 6.07. The minimum atomic E-state index is 0.728. The van der Waals surface area contributed by atoms with Gasteiger partial charge in [-0.1, -0.05) is 11.6 Å². The van der Waals surface area contributed by atoms with E-state index in [1.807, 2.05) is 38.4 Å². The molecule has 0 spiro atoms. The summed E-state index contributed by atoms with van der Waals surface area (Å²) in [6, 6.07) is 5.80. The third-order valence-electron chi connectivity index (χ3n) is 4.66. The van der Waals surface area contributed by atoms with E-state index in [-0.39, 0.29) is 0 Å². The van der Waals surface area contributed by atoms with E-state index in [4.69, 9.17) is 21.6 Å². The third kappa shape index (κ3) is 3.14. The maximum Gasteiger partial charge on any atom is 0.229 e. The Balaban J connectivity index is 1.78. The van der Waals surface area contributed by atoms with E-state index >= 15 is 0 Å². The van der Waals surface area contributed by atoms with E-state index < -0.39 is 0 Å². The molecule has 3 heterocycles. The largest absolute Gasteiger partial charge is 0.341 e. The van der Waals surface area contributed by atoms with Gasteiger partial charge in [0.2, 0.25) is 5.95 Å². The van der Waals surface area contributed by atoms with Crippen LogP contribution < -0.4 is 10.2 Å². The molecule has 1 fully saturated rings. The molecule has 1 aromatic carbocycles. The third-order valence-corrected chi connectivity index (χ3v) is 4.90. The van der Waals surface area contributed by atoms with Crippen molar-refractivity contribution in [3.63, 3.8) is 0 Å². The number of anilines is 3. The maximum absolute atomic E-state index is 6.07. The minimum absolute atomic E-state index is 0.728. The fraction of sp³-hybridized carbons (Fsp3) is 0.389. The van der Waals surface area contributed by atoms with Crippen molar-refractivity contribution >= 4 is 40.1 Å². The summed E-state index contributed by atoms with van der Waals surface area (Å²) in [5, 5.41) is 9.44. The van der Waals surface area contributed by atoms with Gasteiger partial charge in [-0.15, -0.1) is 0 Å². The van der Waals surface area contributed by atoms with E-state index in [2.05, 4.69) is 15.3 Å². The zero-order valence-electron chi connectivity index (χ0n) is 14.5. The molecule has 3 aromatic rings. The molecule has 1 aliphatic rings. The van der Waals surface area contributed by atoms with Gasteiger partial charge in [0.05, 0.1) is 11.6 Å². The summed E-state index contributed by atoms with van der Waals surface area (Å²) < 4.78 is 1.80. The quantitative estimate of drug-likeness (QED) is 0.766. The van der Waals surface area contributed by atoms with Crippen molar-refractivity contribution in [2.45, 2.75) is 26.2 Å². The van der Waals surface area contributed by atoms with Gasteiger partial charge in [-0.2, -0.15) is 15.1 Å². The lowest BCUT2D eigenvalue weighted by Crippen LogP contribution is -2.31. The highest BCUT2D eigenvalue weighted by molar-refractivity contribution is 6.30. The zero-order valence-corrected chi connectivity index (χ0v) is 15.2. The summed E-state index contributed by atoms with van der Waals surface area (Å²) in [4.78, 5) is 11.8. The van der Waals surface area contributed by atoms with Crippen molar-refractivity contribution in [2.24, 2.45) is 7.05 Å². The van der Waals surface area contributed by atoms with Gasteiger partial charge in [0, 0.05) is 30.8 Å². The van der Waals surface area contributed by atoms with Crippen LogP contribution >= 0.6 is 11.6 Å². The minimum Gasteiger partial charge on any atom is -0.341 e. The summed E-state index contributed by atoms with van der Waals surface area (Å²) in [7, 11) is 1.91. The van der Waals surface area contributed by atoms with Crippen LogP contribution in [0.1, 0.15) is 24.8 Å². The van der Waals surface area contributed by atoms with Crippen molar-refractivity contribution in [1.29, 1.82) is 0 Å². The first-order chi connectivity index (χ1) is 12.1. The van der Waals surface area contributed by atoms with Crippen molar-refractivity contribution in [1.82, 2.24) is 19.7 Å². The Bertz CT molecular complexity index is 913. The van der Waals surface area contributed by atoms with E-state index in [0.717, 1.165) is 52.2 Å². The van der Waals surface area contributed by atoms with Gasteiger partial charge < -0.3 is 10.2 Å². The van der Waals surface area contributed by atoms with E-state index in [0.29, 0.717) is 0 Å². The monoisotopic (exact) mass is 356 g/mol. The molecule has 0 unspecified atom stereocenters. The number of hydrogen-bond donors (Lipinski definition) is 1. The van der Waals surface area contributed by atoms with E-state index in [1.165, 1.54) is 19.3 Å². The van der Waals surface area contributed by atoms with Crippen LogP contribution in [-0.2, 0) is 7.05 Å². The van der Waals surface area contributed by atoms with Crippen molar-refractivity contribution in [2.75, 3.05) is 23.3 Å². The van der Waals surface area contributed by atoms with Gasteiger partial charge in [0.1, 0.15) is 5.82 Å². The average Bonchev–Trinajstić information content (AvgIpc) is 2.99. The maximum atomic E-state index is 6.07. The lowest BCUT2D eigenvalue weighted by Gasteiger charge is -2.27. The Morgan fingerprint density at radius 1 is 1.12 bits per heavy atom. The van der Waals surface area contributed by atoms with Gasteiger partial charge >= 0.3 is 0 Å². The average molecular weight is 357 g/mol. The molecular formula is C18H21ClN6. The lowest BCUT2D eigenvalue weighted by molar-refractivity contribution is 0.568. The second-order valence-corrected chi connectivity index (χ2v) is 6.95. The second kappa shape index (κ2) is 6.52. The fourth-order valence-corrected chi connectivity index (χ4v) is 3.46. The topological polar surface area (TPSA) is 58.9 Å². The molecule has 2 aromatic heterocycles. The molecule has 1 N–H and O–H groups in total. The van der Waals surface area contributed by atoms with Crippen molar-refractivity contribution in [3.05, 3.63) is 35.0 Å². The number of nitrogens with one attached hydrogen (secondary N) is 1. The molecule has 0 aliphatic carbocycles. The number of hydrogen-bond acceptors (Lipinski definition) is 5. The second-order valence-electron chi connectivity index (χ2n) is 6.51. The molecule has 0 radical (unpaired) electrons. The number of aryl methyl sites for hydroxylation is 2. The summed E-state index contributed by atoms with van der Waals surface area (Å²) in [6.07, 6.45) is 5.46. The Kier molecular flexibility index (Phi) is 4.21. The van der Waals surface area contributed by atoms with Crippen LogP contribution in [0.4, 0.5) is 17.5 Å². The number of aromatic nitrogens is 4. The highest BCUT2D eigenvalue weighted by Gasteiger charge is 2.18. The van der Waals surface area contributed by atoms with Gasteiger partial charge in [-0.05, 0) is 49.9 Å². The molecule has 6 nitrogen and oxygen atoms in total. The number of piperidine rings is 1. The van der Waals surface area contributed by atoms with Crippen LogP contribution in [0.3, 0.4) is 0 Å². The molecule has 0 atom stereocenters. The van der Waals surface area contributed by atoms with Crippen LogP contribution in [0.2, 0.25) is 5.02 Å². The lowest BCUT2D eigenvalue weighted by atomic mass is 10.1. The SMILES string of the molecule is Cc1cc(Cl)ccc1Nc1nc(N2CCCCC2)nc2c1cnn2C. The normalized spacial score (nSPS) is 14.9. The van der Waals surface area contributed by atoms with Crippen LogP contribution in [0.15, 0.2) is 24.4 Å².